The second kappa shape index (κ2) is 4.28. The molecule has 0 saturated carbocycles. The van der Waals surface area contributed by atoms with E-state index in [1.54, 1.807) is 19.5 Å². The third-order valence-corrected chi connectivity index (χ3v) is 2.50. The molecule has 0 aromatic carbocycles. The van der Waals surface area contributed by atoms with Crippen LogP contribution >= 0.6 is 15.9 Å². The lowest BCUT2D eigenvalue weighted by Crippen LogP contribution is -2.34. The van der Waals surface area contributed by atoms with E-state index in [1.165, 1.54) is 0 Å². The average molecular weight is 259 g/mol. The molecule has 2 N–H and O–H groups in total. The Morgan fingerprint density at radius 2 is 2.14 bits per heavy atom. The number of nitrogens with zero attached hydrogens (tertiary/aromatic N) is 1. The zero-order chi connectivity index (χ0) is 10.8. The molecule has 0 bridgehead atoms. The molecule has 78 valence electrons. The third-order valence-electron chi connectivity index (χ3n) is 1.82. The Balaban J connectivity index is 3.05. The number of hydrogen-bond donors (Lipinski definition) is 1. The van der Waals surface area contributed by atoms with Crippen LogP contribution in [0.5, 0.6) is 5.75 Å². The molecular weight excluding hydrogens is 244 g/mol. The predicted molar refractivity (Wildman–Crippen MR) is 60.5 cm³/mol. The van der Waals surface area contributed by atoms with E-state index in [0.717, 1.165) is 22.2 Å². The Morgan fingerprint density at radius 1 is 1.50 bits per heavy atom. The Bertz CT molecular complexity index is 320. The molecule has 0 amide bonds. The highest BCUT2D eigenvalue weighted by atomic mass is 79.9. The second-order valence-electron chi connectivity index (χ2n) is 3.97. The van der Waals surface area contributed by atoms with Gasteiger partial charge in [-0.15, -0.1) is 0 Å². The van der Waals surface area contributed by atoms with Crippen molar-refractivity contribution in [2.24, 2.45) is 5.73 Å². The fraction of sp³-hybridized carbons (Fsp3) is 0.500. The summed E-state index contributed by atoms with van der Waals surface area (Å²) in [5.41, 5.74) is 6.78. The molecule has 0 aliphatic carbocycles. The van der Waals surface area contributed by atoms with Gasteiger partial charge in [0.15, 0.2) is 0 Å². The molecule has 1 aromatic rings. The molecule has 14 heavy (non-hydrogen) atoms. The summed E-state index contributed by atoms with van der Waals surface area (Å²) < 4.78 is 6.16. The lowest BCUT2D eigenvalue weighted by atomic mass is 9.96. The summed E-state index contributed by atoms with van der Waals surface area (Å²) in [6.07, 6.45) is 4.20. The van der Waals surface area contributed by atoms with Gasteiger partial charge in [-0.2, -0.15) is 0 Å². The molecule has 0 saturated heterocycles. The minimum atomic E-state index is -0.253. The standard InChI is InChI=1S/C10H15BrN2O/c1-10(2,12)4-7-8(11)5-13-6-9(7)14-3/h5-6H,4,12H2,1-3H3. The highest BCUT2D eigenvalue weighted by molar-refractivity contribution is 9.10. The zero-order valence-electron chi connectivity index (χ0n) is 8.67. The Morgan fingerprint density at radius 3 is 2.64 bits per heavy atom. The van der Waals surface area contributed by atoms with Gasteiger partial charge in [0.1, 0.15) is 5.75 Å². The topological polar surface area (TPSA) is 48.1 Å². The Hall–Kier alpha value is -0.610. The van der Waals surface area contributed by atoms with Crippen LogP contribution < -0.4 is 10.5 Å². The first-order chi connectivity index (χ1) is 6.44. The zero-order valence-corrected chi connectivity index (χ0v) is 10.3. The van der Waals surface area contributed by atoms with Crippen LogP contribution in [0, 0.1) is 0 Å². The molecule has 0 atom stereocenters. The summed E-state index contributed by atoms with van der Waals surface area (Å²) >= 11 is 3.44. The predicted octanol–water partition coefficient (Wildman–Crippen LogP) is 2.13. The third kappa shape index (κ3) is 2.96. The van der Waals surface area contributed by atoms with E-state index in [-0.39, 0.29) is 5.54 Å². The van der Waals surface area contributed by atoms with Crippen LogP contribution in [0.1, 0.15) is 19.4 Å². The monoisotopic (exact) mass is 258 g/mol. The number of halogens is 1. The lowest BCUT2D eigenvalue weighted by Gasteiger charge is -2.20. The Labute approximate surface area is 92.8 Å². The molecule has 0 aliphatic heterocycles. The van der Waals surface area contributed by atoms with Crippen LogP contribution in [0.15, 0.2) is 16.9 Å². The van der Waals surface area contributed by atoms with Gasteiger partial charge in [0.05, 0.1) is 13.3 Å². The molecule has 0 aliphatic rings. The van der Waals surface area contributed by atoms with Crippen LogP contribution in [0.3, 0.4) is 0 Å². The van der Waals surface area contributed by atoms with Crippen LogP contribution in [0.4, 0.5) is 0 Å². The summed E-state index contributed by atoms with van der Waals surface area (Å²) in [6, 6.07) is 0. The second-order valence-corrected chi connectivity index (χ2v) is 4.82. The van der Waals surface area contributed by atoms with Crippen molar-refractivity contribution in [3.63, 3.8) is 0 Å². The van der Waals surface area contributed by atoms with Crippen LogP contribution in [-0.4, -0.2) is 17.6 Å². The summed E-state index contributed by atoms with van der Waals surface area (Å²) in [7, 11) is 1.64. The van der Waals surface area contributed by atoms with Gasteiger partial charge in [-0.05, 0) is 36.2 Å². The van der Waals surface area contributed by atoms with E-state index in [1.807, 2.05) is 13.8 Å². The molecule has 1 heterocycles. The maximum absolute atomic E-state index is 5.96. The van der Waals surface area contributed by atoms with Gasteiger partial charge < -0.3 is 10.5 Å². The van der Waals surface area contributed by atoms with E-state index in [4.69, 9.17) is 10.5 Å². The molecule has 0 spiro atoms. The number of rotatable bonds is 3. The number of methoxy groups -OCH3 is 1. The molecule has 1 aromatic heterocycles. The summed E-state index contributed by atoms with van der Waals surface area (Å²) in [5, 5.41) is 0. The SMILES string of the molecule is COc1cncc(Br)c1CC(C)(C)N. The van der Waals surface area contributed by atoms with E-state index < -0.39 is 0 Å². The molecular formula is C10H15BrN2O. The van der Waals surface area contributed by atoms with Crippen molar-refractivity contribution < 1.29 is 4.74 Å². The van der Waals surface area contributed by atoms with Gasteiger partial charge in [0.2, 0.25) is 0 Å². The first-order valence-corrected chi connectivity index (χ1v) is 5.18. The number of nitrogens with two attached hydrogens (primary N) is 1. The summed E-state index contributed by atoms with van der Waals surface area (Å²) in [4.78, 5) is 4.03. The fourth-order valence-electron chi connectivity index (χ4n) is 1.25. The van der Waals surface area contributed by atoms with Gasteiger partial charge in [-0.3, -0.25) is 4.98 Å². The smallest absolute Gasteiger partial charge is 0.141 e. The normalized spacial score (nSPS) is 11.5. The van der Waals surface area contributed by atoms with Crippen LogP contribution in [0.2, 0.25) is 0 Å². The van der Waals surface area contributed by atoms with Crippen molar-refractivity contribution >= 4 is 15.9 Å². The first kappa shape index (κ1) is 11.5. The van der Waals surface area contributed by atoms with Crippen molar-refractivity contribution in [2.45, 2.75) is 25.8 Å². The van der Waals surface area contributed by atoms with Gasteiger partial charge in [0.25, 0.3) is 0 Å². The fourth-order valence-corrected chi connectivity index (χ4v) is 1.70. The van der Waals surface area contributed by atoms with Gasteiger partial charge in [0, 0.05) is 21.8 Å². The minimum absolute atomic E-state index is 0.253. The summed E-state index contributed by atoms with van der Waals surface area (Å²) in [5.74, 6) is 0.776. The first-order valence-electron chi connectivity index (χ1n) is 4.39. The molecule has 1 rings (SSSR count). The van der Waals surface area contributed by atoms with Crippen molar-refractivity contribution in [2.75, 3.05) is 7.11 Å². The maximum Gasteiger partial charge on any atom is 0.141 e. The summed E-state index contributed by atoms with van der Waals surface area (Å²) in [6.45, 7) is 3.97. The van der Waals surface area contributed by atoms with Crippen molar-refractivity contribution in [3.05, 3.63) is 22.4 Å². The van der Waals surface area contributed by atoms with E-state index in [2.05, 4.69) is 20.9 Å². The van der Waals surface area contributed by atoms with E-state index in [0.29, 0.717) is 0 Å². The lowest BCUT2D eigenvalue weighted by molar-refractivity contribution is 0.399. The number of hydrogen-bond acceptors (Lipinski definition) is 3. The van der Waals surface area contributed by atoms with Crippen molar-refractivity contribution in [3.8, 4) is 5.75 Å². The molecule has 0 unspecified atom stereocenters. The number of pyridine rings is 1. The molecule has 4 heteroatoms. The Kier molecular flexibility index (Phi) is 3.50. The van der Waals surface area contributed by atoms with Crippen molar-refractivity contribution in [1.29, 1.82) is 0 Å². The van der Waals surface area contributed by atoms with Crippen LogP contribution in [-0.2, 0) is 6.42 Å². The largest absolute Gasteiger partial charge is 0.495 e. The van der Waals surface area contributed by atoms with Crippen molar-refractivity contribution in [1.82, 2.24) is 4.98 Å². The van der Waals surface area contributed by atoms with Gasteiger partial charge in [-0.25, -0.2) is 0 Å². The highest BCUT2D eigenvalue weighted by Gasteiger charge is 2.17. The highest BCUT2D eigenvalue weighted by Crippen LogP contribution is 2.28. The minimum Gasteiger partial charge on any atom is -0.495 e. The average Bonchev–Trinajstić information content (AvgIpc) is 2.06. The van der Waals surface area contributed by atoms with Gasteiger partial charge in [-0.1, -0.05) is 0 Å². The van der Waals surface area contributed by atoms with E-state index >= 15 is 0 Å². The van der Waals surface area contributed by atoms with E-state index in [9.17, 15) is 0 Å². The maximum atomic E-state index is 5.96. The number of ether oxygens (including phenoxy) is 1. The molecule has 0 radical (unpaired) electrons. The molecule has 3 nitrogen and oxygen atoms in total. The van der Waals surface area contributed by atoms with Crippen LogP contribution in [0.25, 0.3) is 0 Å². The van der Waals surface area contributed by atoms with Gasteiger partial charge >= 0.3 is 0 Å². The number of aromatic nitrogens is 1. The molecule has 0 fully saturated rings. The quantitative estimate of drug-likeness (QED) is 0.904.